The molecule has 2 saturated heterocycles. The van der Waals surface area contributed by atoms with Crippen LogP contribution in [0.3, 0.4) is 0 Å². The summed E-state index contributed by atoms with van der Waals surface area (Å²) in [7, 11) is -3.05. The third-order valence-corrected chi connectivity index (χ3v) is 6.97. The van der Waals surface area contributed by atoms with Crippen molar-refractivity contribution in [2.75, 3.05) is 26.2 Å². The number of piperidine rings is 1. The third-order valence-electron chi connectivity index (χ3n) is 4.57. The van der Waals surface area contributed by atoms with Gasteiger partial charge in [-0.15, -0.1) is 0 Å². The van der Waals surface area contributed by atoms with Crippen LogP contribution in [0.1, 0.15) is 51.9 Å². The number of sulfonamides is 1. The van der Waals surface area contributed by atoms with Gasteiger partial charge in [0.2, 0.25) is 10.0 Å². The Labute approximate surface area is 118 Å². The van der Waals surface area contributed by atoms with E-state index in [1.165, 1.54) is 19.3 Å². The minimum absolute atomic E-state index is 0.142. The van der Waals surface area contributed by atoms with Crippen LogP contribution in [0.5, 0.6) is 0 Å². The van der Waals surface area contributed by atoms with Gasteiger partial charge in [0.05, 0.1) is 5.25 Å². The zero-order valence-corrected chi connectivity index (χ0v) is 12.9. The summed E-state index contributed by atoms with van der Waals surface area (Å²) in [4.78, 5) is 0. The molecule has 0 bridgehead atoms. The molecule has 0 aromatic carbocycles. The van der Waals surface area contributed by atoms with Crippen molar-refractivity contribution in [2.24, 2.45) is 5.92 Å². The van der Waals surface area contributed by atoms with Crippen molar-refractivity contribution >= 4 is 10.0 Å². The quantitative estimate of drug-likeness (QED) is 0.860. The van der Waals surface area contributed by atoms with Gasteiger partial charge in [0.15, 0.2) is 0 Å². The van der Waals surface area contributed by atoms with Gasteiger partial charge >= 0.3 is 0 Å². The van der Waals surface area contributed by atoms with Gasteiger partial charge in [0.1, 0.15) is 0 Å². The summed E-state index contributed by atoms with van der Waals surface area (Å²) in [5.41, 5.74) is 0. The second kappa shape index (κ2) is 7.04. The number of rotatable bonds is 4. The highest BCUT2D eigenvalue weighted by atomic mass is 32.2. The monoisotopic (exact) mass is 288 g/mol. The van der Waals surface area contributed by atoms with Crippen LogP contribution in [-0.4, -0.2) is 44.2 Å². The molecule has 2 aliphatic heterocycles. The maximum absolute atomic E-state index is 12.7. The van der Waals surface area contributed by atoms with Crippen LogP contribution in [0.4, 0.5) is 0 Å². The van der Waals surface area contributed by atoms with Crippen molar-refractivity contribution in [1.82, 2.24) is 9.62 Å². The number of nitrogens with zero attached hydrogens (tertiary/aromatic N) is 1. The average molecular weight is 288 g/mol. The van der Waals surface area contributed by atoms with Gasteiger partial charge in [0, 0.05) is 13.1 Å². The van der Waals surface area contributed by atoms with E-state index >= 15 is 0 Å². The molecule has 2 rings (SSSR count). The SMILES string of the molecule is CCCC1CCCN(S(=O)(=O)C2CCNCC2)CC1. The molecule has 1 N–H and O–H groups in total. The Balaban J connectivity index is 1.96. The maximum atomic E-state index is 12.7. The number of nitrogens with one attached hydrogen (secondary N) is 1. The van der Waals surface area contributed by atoms with Gasteiger partial charge in [-0.25, -0.2) is 12.7 Å². The molecule has 0 aliphatic carbocycles. The fraction of sp³-hybridized carbons (Fsp3) is 1.00. The van der Waals surface area contributed by atoms with Crippen molar-refractivity contribution in [3.8, 4) is 0 Å². The summed E-state index contributed by atoms with van der Waals surface area (Å²) in [6.45, 7) is 5.39. The minimum Gasteiger partial charge on any atom is -0.317 e. The molecule has 5 heteroatoms. The molecule has 0 amide bonds. The van der Waals surface area contributed by atoms with Crippen molar-refractivity contribution in [2.45, 2.75) is 57.1 Å². The van der Waals surface area contributed by atoms with E-state index < -0.39 is 10.0 Å². The summed E-state index contributed by atoms with van der Waals surface area (Å²) in [5, 5.41) is 3.10. The predicted octanol–water partition coefficient (Wildman–Crippen LogP) is 1.97. The summed E-state index contributed by atoms with van der Waals surface area (Å²) in [6, 6.07) is 0. The lowest BCUT2D eigenvalue weighted by atomic mass is 9.96. The second-order valence-corrected chi connectivity index (χ2v) is 8.19. The third kappa shape index (κ3) is 3.92. The molecule has 19 heavy (non-hydrogen) atoms. The second-order valence-electron chi connectivity index (χ2n) is 5.98. The predicted molar refractivity (Wildman–Crippen MR) is 78.6 cm³/mol. The van der Waals surface area contributed by atoms with E-state index in [0.717, 1.165) is 57.8 Å². The van der Waals surface area contributed by atoms with Gasteiger partial charge < -0.3 is 5.32 Å². The fourth-order valence-corrected chi connectivity index (χ4v) is 5.39. The Bertz CT molecular complexity index is 364. The van der Waals surface area contributed by atoms with Crippen LogP contribution in [0.15, 0.2) is 0 Å². The summed E-state index contributed by atoms with van der Waals surface area (Å²) in [6.07, 6.45) is 7.31. The first kappa shape index (κ1) is 15.3. The number of hydrogen-bond donors (Lipinski definition) is 1. The van der Waals surface area contributed by atoms with E-state index in [0.29, 0.717) is 0 Å². The van der Waals surface area contributed by atoms with Crippen LogP contribution < -0.4 is 5.32 Å². The van der Waals surface area contributed by atoms with Crippen LogP contribution in [0, 0.1) is 5.92 Å². The van der Waals surface area contributed by atoms with Crippen LogP contribution in [-0.2, 0) is 10.0 Å². The Kier molecular flexibility index (Phi) is 5.66. The smallest absolute Gasteiger partial charge is 0.217 e. The molecule has 1 unspecified atom stereocenters. The molecule has 4 nitrogen and oxygen atoms in total. The van der Waals surface area contributed by atoms with E-state index in [2.05, 4.69) is 12.2 Å². The molecule has 0 spiro atoms. The molecule has 0 radical (unpaired) electrons. The molecule has 2 fully saturated rings. The summed E-state index contributed by atoms with van der Waals surface area (Å²) in [5.74, 6) is 0.734. The molecule has 0 aromatic rings. The maximum Gasteiger partial charge on any atom is 0.217 e. The first-order valence-electron chi connectivity index (χ1n) is 7.84. The zero-order valence-electron chi connectivity index (χ0n) is 12.1. The highest BCUT2D eigenvalue weighted by molar-refractivity contribution is 7.89. The highest BCUT2D eigenvalue weighted by Gasteiger charge is 2.33. The van der Waals surface area contributed by atoms with Crippen LogP contribution in [0.25, 0.3) is 0 Å². The summed E-state index contributed by atoms with van der Waals surface area (Å²) >= 11 is 0. The molecular weight excluding hydrogens is 260 g/mol. The van der Waals surface area contributed by atoms with Gasteiger partial charge in [0.25, 0.3) is 0 Å². The van der Waals surface area contributed by atoms with Crippen LogP contribution in [0.2, 0.25) is 0 Å². The van der Waals surface area contributed by atoms with Gasteiger partial charge in [-0.2, -0.15) is 0 Å². The lowest BCUT2D eigenvalue weighted by molar-refractivity contribution is 0.385. The van der Waals surface area contributed by atoms with E-state index in [1.54, 1.807) is 4.31 Å². The van der Waals surface area contributed by atoms with E-state index in [-0.39, 0.29) is 5.25 Å². The molecule has 2 heterocycles. The number of hydrogen-bond acceptors (Lipinski definition) is 3. The molecule has 2 aliphatic rings. The van der Waals surface area contributed by atoms with E-state index in [9.17, 15) is 8.42 Å². The van der Waals surface area contributed by atoms with Crippen molar-refractivity contribution in [1.29, 1.82) is 0 Å². The normalized spacial score (nSPS) is 28.2. The molecule has 0 aromatic heterocycles. The Hall–Kier alpha value is -0.130. The van der Waals surface area contributed by atoms with Gasteiger partial charge in [-0.3, -0.25) is 0 Å². The summed E-state index contributed by atoms with van der Waals surface area (Å²) < 4.78 is 27.1. The average Bonchev–Trinajstić information content (AvgIpc) is 2.66. The standard InChI is InChI=1S/C14H28N2O2S/c1-2-4-13-5-3-11-16(12-8-13)19(17,18)14-6-9-15-10-7-14/h13-15H,2-12H2,1H3. The van der Waals surface area contributed by atoms with Crippen LogP contribution >= 0.6 is 0 Å². The Morgan fingerprint density at radius 1 is 1.11 bits per heavy atom. The van der Waals surface area contributed by atoms with Gasteiger partial charge in [-0.1, -0.05) is 19.8 Å². The lowest BCUT2D eigenvalue weighted by Gasteiger charge is -2.29. The van der Waals surface area contributed by atoms with Crippen molar-refractivity contribution < 1.29 is 8.42 Å². The van der Waals surface area contributed by atoms with E-state index in [4.69, 9.17) is 0 Å². The fourth-order valence-electron chi connectivity index (χ4n) is 3.39. The molecular formula is C14H28N2O2S. The topological polar surface area (TPSA) is 49.4 Å². The Morgan fingerprint density at radius 2 is 1.84 bits per heavy atom. The first-order valence-corrected chi connectivity index (χ1v) is 9.34. The van der Waals surface area contributed by atoms with Gasteiger partial charge in [-0.05, 0) is 51.1 Å². The van der Waals surface area contributed by atoms with Crippen molar-refractivity contribution in [3.05, 3.63) is 0 Å². The lowest BCUT2D eigenvalue weighted by Crippen LogP contribution is -2.44. The Morgan fingerprint density at radius 3 is 2.53 bits per heavy atom. The molecule has 1 atom stereocenters. The largest absolute Gasteiger partial charge is 0.317 e. The minimum atomic E-state index is -3.05. The van der Waals surface area contributed by atoms with Crippen molar-refractivity contribution in [3.63, 3.8) is 0 Å². The highest BCUT2D eigenvalue weighted by Crippen LogP contribution is 2.26. The van der Waals surface area contributed by atoms with E-state index in [1.807, 2.05) is 0 Å². The first-order chi connectivity index (χ1) is 9.14. The zero-order chi connectivity index (χ0) is 13.7. The molecule has 0 saturated carbocycles. The molecule has 112 valence electrons.